The van der Waals surface area contributed by atoms with Gasteiger partial charge in [0.25, 0.3) is 5.91 Å². The molecule has 104 valence electrons. The molecular weight excluding hydrogens is 249 g/mol. The largest absolute Gasteiger partial charge is 0.484 e. The Morgan fingerprint density at radius 1 is 1.37 bits per heavy atom. The molecule has 1 N–H and O–H groups in total. The van der Waals surface area contributed by atoms with Crippen molar-refractivity contribution in [2.75, 3.05) is 6.61 Å². The normalized spacial score (nSPS) is 10.3. The van der Waals surface area contributed by atoms with Crippen molar-refractivity contribution in [2.24, 2.45) is 0 Å². The smallest absolute Gasteiger partial charge is 0.258 e. The Hall–Kier alpha value is -1.91. The maximum absolute atomic E-state index is 13.1. The summed E-state index contributed by atoms with van der Waals surface area (Å²) in [5.41, 5.74) is 0.176. The van der Waals surface area contributed by atoms with Gasteiger partial charge in [-0.3, -0.25) is 9.59 Å². The number of amides is 1. The lowest BCUT2D eigenvalue weighted by Gasteiger charge is -2.15. The lowest BCUT2D eigenvalue weighted by molar-refractivity contribution is -0.123. The van der Waals surface area contributed by atoms with Crippen molar-refractivity contribution in [2.45, 2.75) is 32.7 Å². The van der Waals surface area contributed by atoms with Gasteiger partial charge in [0.05, 0.1) is 0 Å². The first-order valence-corrected chi connectivity index (χ1v) is 6.27. The fraction of sp³-hybridized carbons (Fsp3) is 0.429. The molecule has 1 aromatic rings. The minimum atomic E-state index is -0.569. The minimum Gasteiger partial charge on any atom is -0.484 e. The molecule has 1 aromatic carbocycles. The second kappa shape index (κ2) is 7.51. The monoisotopic (exact) mass is 267 g/mol. The van der Waals surface area contributed by atoms with E-state index in [2.05, 4.69) is 5.32 Å². The van der Waals surface area contributed by atoms with Crippen LogP contribution in [0, 0.1) is 5.82 Å². The molecule has 0 aliphatic carbocycles. The van der Waals surface area contributed by atoms with Gasteiger partial charge < -0.3 is 10.1 Å². The predicted octanol–water partition coefficient (Wildman–Crippen LogP) is 2.32. The van der Waals surface area contributed by atoms with E-state index in [-0.39, 0.29) is 29.9 Å². The average molecular weight is 267 g/mol. The van der Waals surface area contributed by atoms with Crippen molar-refractivity contribution in [3.05, 3.63) is 29.6 Å². The van der Waals surface area contributed by atoms with Gasteiger partial charge in [0.2, 0.25) is 0 Å². The van der Waals surface area contributed by atoms with Crippen molar-refractivity contribution in [3.63, 3.8) is 0 Å². The van der Waals surface area contributed by atoms with Crippen LogP contribution in [0.4, 0.5) is 4.39 Å². The lowest BCUT2D eigenvalue weighted by atomic mass is 10.2. The van der Waals surface area contributed by atoms with Gasteiger partial charge in [-0.2, -0.15) is 0 Å². The zero-order chi connectivity index (χ0) is 14.3. The van der Waals surface area contributed by atoms with E-state index < -0.39 is 5.82 Å². The molecule has 0 saturated carbocycles. The van der Waals surface area contributed by atoms with Crippen LogP contribution in [0.15, 0.2) is 18.2 Å². The van der Waals surface area contributed by atoms with E-state index in [9.17, 15) is 14.0 Å². The first kappa shape index (κ1) is 15.1. The summed E-state index contributed by atoms with van der Waals surface area (Å²) < 4.78 is 18.3. The van der Waals surface area contributed by atoms with Crippen LogP contribution in [-0.2, 0) is 4.79 Å². The van der Waals surface area contributed by atoms with Crippen molar-refractivity contribution < 1.29 is 18.7 Å². The number of carbonyl (C=O) groups excluding carboxylic acids is 2. The van der Waals surface area contributed by atoms with Crippen LogP contribution in [0.2, 0.25) is 0 Å². The number of rotatable bonds is 7. The Morgan fingerprint density at radius 2 is 2.05 bits per heavy atom. The van der Waals surface area contributed by atoms with Crippen LogP contribution in [-0.4, -0.2) is 24.8 Å². The maximum Gasteiger partial charge on any atom is 0.258 e. The predicted molar refractivity (Wildman–Crippen MR) is 69.8 cm³/mol. The third-order valence-corrected chi connectivity index (χ3v) is 2.75. The number of benzene rings is 1. The highest BCUT2D eigenvalue weighted by atomic mass is 19.1. The van der Waals surface area contributed by atoms with Crippen molar-refractivity contribution >= 4 is 12.2 Å². The van der Waals surface area contributed by atoms with Gasteiger partial charge in [-0.1, -0.05) is 13.8 Å². The molecule has 0 spiro atoms. The Labute approximate surface area is 112 Å². The van der Waals surface area contributed by atoms with Crippen LogP contribution < -0.4 is 10.1 Å². The van der Waals surface area contributed by atoms with E-state index in [1.54, 1.807) is 0 Å². The summed E-state index contributed by atoms with van der Waals surface area (Å²) in [4.78, 5) is 22.2. The van der Waals surface area contributed by atoms with E-state index >= 15 is 0 Å². The summed E-state index contributed by atoms with van der Waals surface area (Å²) in [6.45, 7) is 3.77. The highest BCUT2D eigenvalue weighted by Gasteiger charge is 2.09. The molecule has 0 fully saturated rings. The molecule has 0 unspecified atom stereocenters. The average Bonchev–Trinajstić information content (AvgIpc) is 2.41. The summed E-state index contributed by atoms with van der Waals surface area (Å²) in [6, 6.07) is 3.75. The third-order valence-electron chi connectivity index (χ3n) is 2.75. The zero-order valence-electron chi connectivity index (χ0n) is 11.1. The van der Waals surface area contributed by atoms with E-state index in [1.165, 1.54) is 6.07 Å². The van der Waals surface area contributed by atoms with E-state index in [0.29, 0.717) is 6.29 Å². The van der Waals surface area contributed by atoms with Crippen LogP contribution in [0.1, 0.15) is 37.0 Å². The Bertz CT molecular complexity index is 444. The zero-order valence-corrected chi connectivity index (χ0v) is 11.1. The molecule has 4 nitrogen and oxygen atoms in total. The van der Waals surface area contributed by atoms with Crippen molar-refractivity contribution in [1.82, 2.24) is 5.32 Å². The molecule has 0 aromatic heterocycles. The number of hydrogen-bond donors (Lipinski definition) is 1. The molecule has 1 amide bonds. The topological polar surface area (TPSA) is 55.4 Å². The Morgan fingerprint density at radius 3 is 2.63 bits per heavy atom. The maximum atomic E-state index is 13.1. The van der Waals surface area contributed by atoms with Crippen LogP contribution in [0.3, 0.4) is 0 Å². The van der Waals surface area contributed by atoms with Gasteiger partial charge in [0.15, 0.2) is 6.61 Å². The van der Waals surface area contributed by atoms with Gasteiger partial charge in [-0.15, -0.1) is 0 Å². The van der Waals surface area contributed by atoms with Gasteiger partial charge in [0, 0.05) is 17.7 Å². The van der Waals surface area contributed by atoms with E-state index in [0.717, 1.165) is 25.0 Å². The quantitative estimate of drug-likeness (QED) is 0.771. The summed E-state index contributed by atoms with van der Waals surface area (Å²) in [7, 11) is 0. The molecule has 0 saturated heterocycles. The summed E-state index contributed by atoms with van der Waals surface area (Å²) in [5.74, 6) is -0.660. The van der Waals surface area contributed by atoms with Crippen LogP contribution in [0.5, 0.6) is 5.75 Å². The summed E-state index contributed by atoms with van der Waals surface area (Å²) in [6.07, 6.45) is 2.22. The third kappa shape index (κ3) is 5.07. The fourth-order valence-electron chi connectivity index (χ4n) is 1.65. The summed E-state index contributed by atoms with van der Waals surface area (Å²) >= 11 is 0. The second-order valence-corrected chi connectivity index (χ2v) is 4.21. The molecule has 0 radical (unpaired) electrons. The number of ether oxygens (including phenoxy) is 1. The molecule has 0 atom stereocenters. The molecule has 0 heterocycles. The molecule has 0 bridgehead atoms. The SMILES string of the molecule is CCC(CC)NC(=O)COc1cc(F)cc(C=O)c1. The first-order chi connectivity index (χ1) is 9.08. The Kier molecular flexibility index (Phi) is 5.99. The van der Waals surface area contributed by atoms with Gasteiger partial charge in [-0.25, -0.2) is 4.39 Å². The number of hydrogen-bond acceptors (Lipinski definition) is 3. The van der Waals surface area contributed by atoms with Gasteiger partial charge in [0.1, 0.15) is 17.9 Å². The number of aldehydes is 1. The first-order valence-electron chi connectivity index (χ1n) is 6.27. The lowest BCUT2D eigenvalue weighted by Crippen LogP contribution is -2.37. The number of halogens is 1. The Balaban J connectivity index is 2.54. The van der Waals surface area contributed by atoms with E-state index in [4.69, 9.17) is 4.74 Å². The highest BCUT2D eigenvalue weighted by Crippen LogP contribution is 2.15. The molecule has 0 aliphatic rings. The number of nitrogens with one attached hydrogen (secondary N) is 1. The number of carbonyl (C=O) groups is 2. The molecular formula is C14H18FNO3. The van der Waals surface area contributed by atoms with Crippen LogP contribution >= 0.6 is 0 Å². The molecule has 5 heteroatoms. The standard InChI is InChI=1S/C14H18FNO3/c1-3-12(4-2)16-14(18)9-19-13-6-10(8-17)5-11(15)7-13/h5-8,12H,3-4,9H2,1-2H3,(H,16,18). The second-order valence-electron chi connectivity index (χ2n) is 4.21. The van der Waals surface area contributed by atoms with Crippen LogP contribution in [0.25, 0.3) is 0 Å². The highest BCUT2D eigenvalue weighted by molar-refractivity contribution is 5.78. The molecule has 1 rings (SSSR count). The van der Waals surface area contributed by atoms with E-state index in [1.807, 2.05) is 13.8 Å². The molecule has 19 heavy (non-hydrogen) atoms. The van der Waals surface area contributed by atoms with Gasteiger partial charge >= 0.3 is 0 Å². The van der Waals surface area contributed by atoms with Crippen molar-refractivity contribution in [1.29, 1.82) is 0 Å². The van der Waals surface area contributed by atoms with Crippen molar-refractivity contribution in [3.8, 4) is 5.75 Å². The minimum absolute atomic E-state index is 0.120. The fourth-order valence-corrected chi connectivity index (χ4v) is 1.65. The van der Waals surface area contributed by atoms with Gasteiger partial charge in [-0.05, 0) is 25.0 Å². The summed E-state index contributed by atoms with van der Waals surface area (Å²) in [5, 5.41) is 2.80. The molecule has 0 aliphatic heterocycles.